The molecule has 0 amide bonds. The van der Waals surface area contributed by atoms with E-state index in [9.17, 15) is 0 Å². The number of nitrogen functional groups attached to an aromatic ring is 1. The lowest BCUT2D eigenvalue weighted by Gasteiger charge is -2.13. The molecule has 0 heterocycles. The normalized spacial score (nSPS) is 12.8. The number of rotatable bonds is 3. The number of nitrogens with two attached hydrogens (primary N) is 1. The summed E-state index contributed by atoms with van der Waals surface area (Å²) in [5, 5.41) is 0.713. The van der Waals surface area contributed by atoms with Crippen LogP contribution in [0.25, 0.3) is 0 Å². The van der Waals surface area contributed by atoms with Gasteiger partial charge in [0.15, 0.2) is 0 Å². The van der Waals surface area contributed by atoms with Gasteiger partial charge in [0.05, 0.1) is 0 Å². The molecule has 1 aromatic carbocycles. The molecule has 0 aliphatic rings. The summed E-state index contributed by atoms with van der Waals surface area (Å²) in [4.78, 5) is 0. The van der Waals surface area contributed by atoms with Crippen molar-refractivity contribution < 1.29 is 0 Å². The largest absolute Gasteiger partial charge is 0.398 e. The lowest BCUT2D eigenvalue weighted by Crippen LogP contribution is -1.98. The highest BCUT2D eigenvalue weighted by Gasteiger charge is 2.07. The molecule has 0 aliphatic heterocycles. The van der Waals surface area contributed by atoms with Crippen LogP contribution in [0.2, 0.25) is 5.02 Å². The summed E-state index contributed by atoms with van der Waals surface area (Å²) in [6, 6.07) is 5.75. The molecule has 0 saturated heterocycles. The van der Waals surface area contributed by atoms with Crippen molar-refractivity contribution in [1.29, 1.82) is 0 Å². The molecule has 0 aliphatic carbocycles. The van der Waals surface area contributed by atoms with Crippen LogP contribution in [0, 0.1) is 0 Å². The number of hydrogen-bond donors (Lipinski definition) is 1. The maximum Gasteiger partial charge on any atom is 0.0426 e. The Morgan fingerprint density at radius 1 is 1.46 bits per heavy atom. The van der Waals surface area contributed by atoms with Gasteiger partial charge >= 0.3 is 0 Å². The van der Waals surface area contributed by atoms with E-state index in [1.165, 1.54) is 18.4 Å². The van der Waals surface area contributed by atoms with E-state index in [4.69, 9.17) is 17.3 Å². The topological polar surface area (TPSA) is 26.0 Å². The second-order valence-electron chi connectivity index (χ2n) is 3.46. The zero-order valence-electron chi connectivity index (χ0n) is 8.18. The van der Waals surface area contributed by atoms with Gasteiger partial charge in [0, 0.05) is 10.7 Å². The quantitative estimate of drug-likeness (QED) is 0.733. The molecule has 0 saturated carbocycles. The van der Waals surface area contributed by atoms with E-state index in [1.807, 2.05) is 18.2 Å². The van der Waals surface area contributed by atoms with Gasteiger partial charge in [-0.1, -0.05) is 37.9 Å². The van der Waals surface area contributed by atoms with Gasteiger partial charge in [0.25, 0.3) is 0 Å². The van der Waals surface area contributed by atoms with Crippen LogP contribution in [0.3, 0.4) is 0 Å². The summed E-state index contributed by atoms with van der Waals surface area (Å²) in [6.45, 7) is 4.38. The number of anilines is 1. The summed E-state index contributed by atoms with van der Waals surface area (Å²) >= 11 is 5.82. The molecule has 1 rings (SSSR count). The third-order valence-electron chi connectivity index (χ3n) is 2.30. The van der Waals surface area contributed by atoms with E-state index in [1.54, 1.807) is 0 Å². The summed E-state index contributed by atoms with van der Waals surface area (Å²) < 4.78 is 0. The fourth-order valence-electron chi connectivity index (χ4n) is 1.58. The molecule has 1 aromatic rings. The first-order valence-corrected chi connectivity index (χ1v) is 5.08. The van der Waals surface area contributed by atoms with Gasteiger partial charge in [-0.05, 0) is 30.0 Å². The van der Waals surface area contributed by atoms with Crippen molar-refractivity contribution in [3.63, 3.8) is 0 Å². The fourth-order valence-corrected chi connectivity index (χ4v) is 1.76. The van der Waals surface area contributed by atoms with Crippen LogP contribution < -0.4 is 5.73 Å². The van der Waals surface area contributed by atoms with Gasteiger partial charge in [-0.3, -0.25) is 0 Å². The highest BCUT2D eigenvalue weighted by Crippen LogP contribution is 2.27. The Morgan fingerprint density at radius 2 is 2.15 bits per heavy atom. The predicted molar refractivity (Wildman–Crippen MR) is 59.2 cm³/mol. The summed E-state index contributed by atoms with van der Waals surface area (Å²) in [6.07, 6.45) is 2.36. The van der Waals surface area contributed by atoms with Crippen molar-refractivity contribution in [2.24, 2.45) is 0 Å². The van der Waals surface area contributed by atoms with E-state index < -0.39 is 0 Å². The zero-order chi connectivity index (χ0) is 9.84. The summed E-state index contributed by atoms with van der Waals surface area (Å²) in [7, 11) is 0. The lowest BCUT2D eigenvalue weighted by atomic mass is 9.95. The van der Waals surface area contributed by atoms with Crippen LogP contribution in [0.4, 0.5) is 5.69 Å². The second kappa shape index (κ2) is 4.52. The molecule has 72 valence electrons. The van der Waals surface area contributed by atoms with Gasteiger partial charge in [-0.25, -0.2) is 0 Å². The third-order valence-corrected chi connectivity index (χ3v) is 2.54. The average molecular weight is 198 g/mol. The summed E-state index contributed by atoms with van der Waals surface area (Å²) in [5.74, 6) is 0.530. The first kappa shape index (κ1) is 10.4. The van der Waals surface area contributed by atoms with E-state index in [0.717, 1.165) is 5.69 Å². The lowest BCUT2D eigenvalue weighted by molar-refractivity contribution is 0.666. The molecule has 0 radical (unpaired) electrons. The SMILES string of the molecule is CCCC(C)c1ccc(Cl)cc1N. The van der Waals surface area contributed by atoms with Crippen LogP contribution in [0.5, 0.6) is 0 Å². The Morgan fingerprint density at radius 3 is 2.69 bits per heavy atom. The minimum Gasteiger partial charge on any atom is -0.398 e. The molecule has 0 spiro atoms. The van der Waals surface area contributed by atoms with Gasteiger partial charge in [0.2, 0.25) is 0 Å². The maximum atomic E-state index is 5.87. The van der Waals surface area contributed by atoms with Crippen LogP contribution >= 0.6 is 11.6 Å². The highest BCUT2D eigenvalue weighted by atomic mass is 35.5. The van der Waals surface area contributed by atoms with Gasteiger partial charge in [-0.2, -0.15) is 0 Å². The van der Waals surface area contributed by atoms with Crippen molar-refractivity contribution in [2.45, 2.75) is 32.6 Å². The molecule has 1 nitrogen and oxygen atoms in total. The highest BCUT2D eigenvalue weighted by molar-refractivity contribution is 6.30. The number of halogens is 1. The molecule has 1 unspecified atom stereocenters. The third kappa shape index (κ3) is 2.63. The Bertz CT molecular complexity index is 283. The molecule has 2 heteroatoms. The van der Waals surface area contributed by atoms with Gasteiger partial charge in [-0.15, -0.1) is 0 Å². The minimum atomic E-state index is 0.530. The Kier molecular flexibility index (Phi) is 3.61. The first-order valence-electron chi connectivity index (χ1n) is 4.70. The second-order valence-corrected chi connectivity index (χ2v) is 3.90. The summed E-state index contributed by atoms with van der Waals surface area (Å²) in [5.41, 5.74) is 7.90. The monoisotopic (exact) mass is 197 g/mol. The van der Waals surface area contributed by atoms with Crippen molar-refractivity contribution in [2.75, 3.05) is 5.73 Å². The van der Waals surface area contributed by atoms with E-state index >= 15 is 0 Å². The number of hydrogen-bond acceptors (Lipinski definition) is 1. The molecular weight excluding hydrogens is 182 g/mol. The van der Waals surface area contributed by atoms with Crippen LogP contribution in [0.1, 0.15) is 38.2 Å². The van der Waals surface area contributed by atoms with Crippen molar-refractivity contribution in [3.05, 3.63) is 28.8 Å². The molecule has 13 heavy (non-hydrogen) atoms. The Hall–Kier alpha value is -0.690. The van der Waals surface area contributed by atoms with Gasteiger partial charge < -0.3 is 5.73 Å². The van der Waals surface area contributed by atoms with Gasteiger partial charge in [0.1, 0.15) is 0 Å². The molecule has 0 fully saturated rings. The van der Waals surface area contributed by atoms with E-state index in [-0.39, 0.29) is 0 Å². The van der Waals surface area contributed by atoms with Crippen molar-refractivity contribution in [1.82, 2.24) is 0 Å². The van der Waals surface area contributed by atoms with E-state index in [2.05, 4.69) is 13.8 Å². The maximum absolute atomic E-state index is 5.87. The molecule has 2 N–H and O–H groups in total. The molecular formula is C11H16ClN. The average Bonchev–Trinajstić information content (AvgIpc) is 2.04. The zero-order valence-corrected chi connectivity index (χ0v) is 8.93. The van der Waals surface area contributed by atoms with Crippen LogP contribution in [0.15, 0.2) is 18.2 Å². The molecule has 0 bridgehead atoms. The van der Waals surface area contributed by atoms with Crippen molar-refractivity contribution >= 4 is 17.3 Å². The predicted octanol–water partition coefficient (Wildman–Crippen LogP) is 3.83. The molecule has 1 atom stereocenters. The first-order chi connectivity index (χ1) is 6.15. The van der Waals surface area contributed by atoms with Crippen LogP contribution in [-0.4, -0.2) is 0 Å². The Labute approximate surface area is 84.9 Å². The molecule has 0 aromatic heterocycles. The van der Waals surface area contributed by atoms with Crippen LogP contribution in [-0.2, 0) is 0 Å². The van der Waals surface area contributed by atoms with E-state index in [0.29, 0.717) is 10.9 Å². The number of benzene rings is 1. The standard InChI is InChI=1S/C11H16ClN/c1-3-4-8(2)10-6-5-9(12)7-11(10)13/h5-8H,3-4,13H2,1-2H3. The minimum absolute atomic E-state index is 0.530. The fraction of sp³-hybridized carbons (Fsp3) is 0.455. The van der Waals surface area contributed by atoms with Crippen molar-refractivity contribution in [3.8, 4) is 0 Å². The Balaban J connectivity index is 2.88. The smallest absolute Gasteiger partial charge is 0.0426 e.